The molecule has 2 nitrogen and oxygen atoms in total. The van der Waals surface area contributed by atoms with Gasteiger partial charge >= 0.3 is 0 Å². The number of rotatable bonds is 8. The van der Waals surface area contributed by atoms with Crippen molar-refractivity contribution in [2.24, 2.45) is 11.8 Å². The second-order valence-corrected chi connectivity index (χ2v) is 9.59. The summed E-state index contributed by atoms with van der Waals surface area (Å²) in [7, 11) is 0. The normalized spacial score (nSPS) is 23.4. The average Bonchev–Trinajstić information content (AvgIpc) is 2.83. The van der Waals surface area contributed by atoms with Gasteiger partial charge in [0, 0.05) is 17.4 Å². The van der Waals surface area contributed by atoms with Gasteiger partial charge in [-0.3, -0.25) is 0 Å². The quantitative estimate of drug-likeness (QED) is 0.390. The molecule has 0 unspecified atom stereocenters. The van der Waals surface area contributed by atoms with Crippen LogP contribution in [0.3, 0.4) is 0 Å². The van der Waals surface area contributed by atoms with Gasteiger partial charge in [-0.05, 0) is 86.1 Å². The third-order valence-corrected chi connectivity index (χ3v) is 7.37. The summed E-state index contributed by atoms with van der Waals surface area (Å²) in [4.78, 5) is 0. The number of benzene rings is 2. The number of allylic oxidation sites excluding steroid dienone is 1. The van der Waals surface area contributed by atoms with E-state index in [9.17, 15) is 0 Å². The maximum Gasteiger partial charge on any atom is 0.171 e. The minimum atomic E-state index is -0.352. The lowest BCUT2D eigenvalue weighted by Gasteiger charge is -2.45. The minimum Gasteiger partial charge on any atom is -0.350 e. The molecule has 1 saturated heterocycles. The van der Waals surface area contributed by atoms with Gasteiger partial charge in [0.2, 0.25) is 0 Å². The summed E-state index contributed by atoms with van der Waals surface area (Å²) in [6, 6.07) is 17.1. The lowest BCUT2D eigenvalue weighted by atomic mass is 9.75. The molecule has 31 heavy (non-hydrogen) atoms. The van der Waals surface area contributed by atoms with Crippen molar-refractivity contribution in [3.63, 3.8) is 0 Å². The Morgan fingerprint density at radius 3 is 2.13 bits per heavy atom. The van der Waals surface area contributed by atoms with Gasteiger partial charge in [0.15, 0.2) is 5.79 Å². The van der Waals surface area contributed by atoms with Crippen molar-refractivity contribution in [3.8, 4) is 11.1 Å². The predicted molar refractivity (Wildman–Crippen MR) is 129 cm³/mol. The summed E-state index contributed by atoms with van der Waals surface area (Å²) in [6.07, 6.45) is 12.4. The Morgan fingerprint density at radius 1 is 0.903 bits per heavy atom. The number of ether oxygens (including phenoxy) is 2. The van der Waals surface area contributed by atoms with Crippen molar-refractivity contribution in [2.75, 3.05) is 13.2 Å². The first-order chi connectivity index (χ1) is 15.2. The van der Waals surface area contributed by atoms with E-state index >= 15 is 0 Å². The first-order valence-corrected chi connectivity index (χ1v) is 12.3. The van der Waals surface area contributed by atoms with Crippen LogP contribution in [0.15, 0.2) is 61.2 Å². The van der Waals surface area contributed by atoms with E-state index in [-0.39, 0.29) is 5.79 Å². The molecular weight excluding hydrogens is 404 g/mol. The van der Waals surface area contributed by atoms with Crippen molar-refractivity contribution < 1.29 is 9.47 Å². The Hall–Kier alpha value is -1.61. The molecular formula is C28H35ClO2. The number of aryl methyl sites for hydroxylation is 1. The molecule has 1 heterocycles. The first-order valence-electron chi connectivity index (χ1n) is 11.9. The Kier molecular flexibility index (Phi) is 7.87. The number of hydrogen-bond acceptors (Lipinski definition) is 2. The lowest BCUT2D eigenvalue weighted by Crippen LogP contribution is -2.48. The zero-order valence-corrected chi connectivity index (χ0v) is 19.3. The van der Waals surface area contributed by atoms with Crippen LogP contribution in [0.2, 0.25) is 5.02 Å². The minimum absolute atomic E-state index is 0.352. The second-order valence-electron chi connectivity index (χ2n) is 9.15. The highest BCUT2D eigenvalue weighted by Gasteiger charge is 2.43. The van der Waals surface area contributed by atoms with E-state index in [0.29, 0.717) is 5.92 Å². The Labute approximate surface area is 192 Å². The standard InChI is InChI=1S/C28H35ClO2/c1-2-3-19-28(30-20-4-21-31-28)26-15-9-23(10-16-26)6-5-22-7-11-24(12-8-22)25-13-17-27(29)18-14-25/h2,7-8,11-14,17-18,23,26H,1,3-6,9-10,15-16,19-21H2. The van der Waals surface area contributed by atoms with E-state index in [0.717, 1.165) is 49.8 Å². The molecule has 1 aliphatic carbocycles. The molecule has 0 radical (unpaired) electrons. The van der Waals surface area contributed by atoms with Crippen LogP contribution in [-0.2, 0) is 15.9 Å². The predicted octanol–water partition coefficient (Wildman–Crippen LogP) is 7.85. The van der Waals surface area contributed by atoms with Gasteiger partial charge < -0.3 is 9.47 Å². The SMILES string of the molecule is C=CCCC1(C2CCC(CCc3ccc(-c4ccc(Cl)cc4)cc3)CC2)OCCCO1. The van der Waals surface area contributed by atoms with Gasteiger partial charge in [-0.15, -0.1) is 6.58 Å². The highest BCUT2D eigenvalue weighted by atomic mass is 35.5. The van der Waals surface area contributed by atoms with Crippen LogP contribution < -0.4 is 0 Å². The molecule has 0 N–H and O–H groups in total. The molecule has 0 atom stereocenters. The van der Waals surface area contributed by atoms with Crippen molar-refractivity contribution in [1.82, 2.24) is 0 Å². The van der Waals surface area contributed by atoms with Gasteiger partial charge in [0.05, 0.1) is 13.2 Å². The molecule has 2 aromatic rings. The smallest absolute Gasteiger partial charge is 0.171 e. The molecule has 4 rings (SSSR count). The summed E-state index contributed by atoms with van der Waals surface area (Å²) >= 11 is 6.00. The van der Waals surface area contributed by atoms with E-state index in [4.69, 9.17) is 21.1 Å². The van der Waals surface area contributed by atoms with Crippen LogP contribution in [0.4, 0.5) is 0 Å². The maximum atomic E-state index is 6.25. The zero-order valence-electron chi connectivity index (χ0n) is 18.5. The fourth-order valence-electron chi connectivity index (χ4n) is 5.25. The van der Waals surface area contributed by atoms with Gasteiger partial charge in [0.1, 0.15) is 0 Å². The molecule has 2 aliphatic rings. The fraction of sp³-hybridized carbons (Fsp3) is 0.500. The zero-order chi connectivity index (χ0) is 21.5. The van der Waals surface area contributed by atoms with Crippen molar-refractivity contribution >= 4 is 11.6 Å². The third kappa shape index (κ3) is 5.80. The Balaban J connectivity index is 1.27. The summed E-state index contributed by atoms with van der Waals surface area (Å²) in [6.45, 7) is 5.57. The van der Waals surface area contributed by atoms with E-state index in [1.807, 2.05) is 18.2 Å². The highest BCUT2D eigenvalue weighted by molar-refractivity contribution is 6.30. The lowest BCUT2D eigenvalue weighted by molar-refractivity contribution is -0.301. The molecule has 0 spiro atoms. The average molecular weight is 439 g/mol. The monoisotopic (exact) mass is 438 g/mol. The third-order valence-electron chi connectivity index (χ3n) is 7.12. The Morgan fingerprint density at radius 2 is 1.52 bits per heavy atom. The molecule has 2 fully saturated rings. The highest BCUT2D eigenvalue weighted by Crippen LogP contribution is 2.43. The maximum absolute atomic E-state index is 6.25. The van der Waals surface area contributed by atoms with Crippen LogP contribution in [0.5, 0.6) is 0 Å². The molecule has 166 valence electrons. The fourth-order valence-corrected chi connectivity index (χ4v) is 5.37. The molecule has 0 amide bonds. The molecule has 1 aliphatic heterocycles. The van der Waals surface area contributed by atoms with E-state index < -0.39 is 0 Å². The summed E-state index contributed by atoms with van der Waals surface area (Å²) in [5, 5.41) is 0.781. The van der Waals surface area contributed by atoms with Crippen LogP contribution in [0.25, 0.3) is 11.1 Å². The summed E-state index contributed by atoms with van der Waals surface area (Å²) < 4.78 is 12.5. The summed E-state index contributed by atoms with van der Waals surface area (Å²) in [5.41, 5.74) is 3.89. The molecule has 1 saturated carbocycles. The van der Waals surface area contributed by atoms with E-state index in [1.165, 1.54) is 48.8 Å². The Bertz CT molecular complexity index is 813. The molecule has 2 aromatic carbocycles. The van der Waals surface area contributed by atoms with Crippen LogP contribution >= 0.6 is 11.6 Å². The topological polar surface area (TPSA) is 18.5 Å². The van der Waals surface area contributed by atoms with E-state index in [2.05, 4.69) is 43.0 Å². The number of halogens is 1. The van der Waals surface area contributed by atoms with Crippen LogP contribution in [-0.4, -0.2) is 19.0 Å². The van der Waals surface area contributed by atoms with E-state index in [1.54, 1.807) is 0 Å². The van der Waals surface area contributed by atoms with Crippen molar-refractivity contribution in [3.05, 3.63) is 71.8 Å². The molecule has 0 bridgehead atoms. The molecule has 3 heteroatoms. The van der Waals surface area contributed by atoms with Gasteiger partial charge in [-0.2, -0.15) is 0 Å². The van der Waals surface area contributed by atoms with Crippen LogP contribution in [0.1, 0.15) is 56.9 Å². The second kappa shape index (κ2) is 10.8. The number of hydrogen-bond donors (Lipinski definition) is 0. The van der Waals surface area contributed by atoms with Gasteiger partial charge in [-0.1, -0.05) is 54.1 Å². The van der Waals surface area contributed by atoms with Crippen molar-refractivity contribution in [2.45, 2.75) is 63.6 Å². The van der Waals surface area contributed by atoms with Crippen LogP contribution in [0, 0.1) is 11.8 Å². The van der Waals surface area contributed by atoms with Gasteiger partial charge in [-0.25, -0.2) is 0 Å². The molecule has 0 aromatic heterocycles. The largest absolute Gasteiger partial charge is 0.350 e. The first kappa shape index (κ1) is 22.6. The summed E-state index contributed by atoms with van der Waals surface area (Å²) in [5.74, 6) is 0.990. The van der Waals surface area contributed by atoms with Gasteiger partial charge in [0.25, 0.3) is 0 Å². The van der Waals surface area contributed by atoms with Crippen molar-refractivity contribution in [1.29, 1.82) is 0 Å².